The van der Waals surface area contributed by atoms with Crippen LogP contribution in [-0.4, -0.2) is 35.4 Å². The van der Waals surface area contributed by atoms with Crippen LogP contribution in [0.2, 0.25) is 0 Å². The van der Waals surface area contributed by atoms with E-state index in [1.165, 1.54) is 30.2 Å². The molecule has 3 aromatic rings. The normalized spacial score (nSPS) is 11.9. The number of nitrogens with one attached hydrogen (secondary N) is 3. The molecule has 0 aliphatic rings. The second-order valence-electron chi connectivity index (χ2n) is 11.5. The summed E-state index contributed by atoms with van der Waals surface area (Å²) >= 11 is 1.24. The lowest BCUT2D eigenvalue weighted by Crippen LogP contribution is -2.43. The first-order chi connectivity index (χ1) is 20.4. The summed E-state index contributed by atoms with van der Waals surface area (Å²) in [5, 5.41) is 5.52. The van der Waals surface area contributed by atoms with Gasteiger partial charge in [0, 0.05) is 34.8 Å². The van der Waals surface area contributed by atoms with Crippen LogP contribution in [0.5, 0.6) is 0 Å². The van der Waals surface area contributed by atoms with E-state index in [2.05, 4.69) is 26.9 Å². The molecule has 0 aliphatic heterocycles. The van der Waals surface area contributed by atoms with Crippen LogP contribution in [0.1, 0.15) is 62.5 Å². The minimum absolute atomic E-state index is 0.0901. The van der Waals surface area contributed by atoms with E-state index in [0.29, 0.717) is 29.3 Å². The molecule has 10 heteroatoms. The van der Waals surface area contributed by atoms with Gasteiger partial charge in [0.25, 0.3) is 5.91 Å². The van der Waals surface area contributed by atoms with Crippen molar-refractivity contribution in [3.63, 3.8) is 0 Å². The van der Waals surface area contributed by atoms with Gasteiger partial charge in [-0.1, -0.05) is 53.3 Å². The van der Waals surface area contributed by atoms with Gasteiger partial charge in [-0.05, 0) is 77.9 Å². The highest BCUT2D eigenvalue weighted by atomic mass is 32.2. The number of carbonyl (C=O) groups is 3. The number of hydrogen-bond donors (Lipinski definition) is 3. The molecule has 0 spiro atoms. The number of pyridine rings is 1. The van der Waals surface area contributed by atoms with E-state index in [9.17, 15) is 14.4 Å². The molecular weight excluding hydrogens is 567 g/mol. The van der Waals surface area contributed by atoms with Crippen LogP contribution in [0.4, 0.5) is 15.8 Å². The van der Waals surface area contributed by atoms with Crippen molar-refractivity contribution < 1.29 is 23.5 Å². The molecule has 2 aromatic carbocycles. The molecule has 0 bridgehead atoms. The van der Waals surface area contributed by atoms with Crippen molar-refractivity contribution >= 4 is 47.2 Å². The maximum atomic E-state index is 15.3. The molecule has 1 heterocycles. The van der Waals surface area contributed by atoms with E-state index < -0.39 is 29.2 Å². The number of rotatable bonds is 13. The van der Waals surface area contributed by atoms with Crippen molar-refractivity contribution in [2.24, 2.45) is 11.3 Å². The summed E-state index contributed by atoms with van der Waals surface area (Å²) in [7, 11) is 0. The number of esters is 1. The largest absolute Gasteiger partial charge is 0.464 e. The van der Waals surface area contributed by atoms with E-state index in [1.54, 1.807) is 36.7 Å². The Hall–Kier alpha value is -4.18. The number of aromatic nitrogens is 1. The summed E-state index contributed by atoms with van der Waals surface area (Å²) in [6, 6.07) is 12.3. The van der Waals surface area contributed by atoms with Gasteiger partial charge in [0.2, 0.25) is 5.91 Å². The highest BCUT2D eigenvalue weighted by Crippen LogP contribution is 2.29. The van der Waals surface area contributed by atoms with Crippen LogP contribution < -0.4 is 15.4 Å². The number of amides is 2. The SMILES string of the molecule is C=Cc1cc(C(=O)N[C@@H](Cc2cccnc2)C(=O)OCCC(C)C)c(F)cc1NSc1ccc(NC(=O)C(C)(C)C)cc1. The van der Waals surface area contributed by atoms with Gasteiger partial charge < -0.3 is 20.1 Å². The summed E-state index contributed by atoms with van der Waals surface area (Å²) in [6.07, 6.45) is 5.55. The number of nitrogens with zero attached hydrogens (tertiary/aromatic N) is 1. The lowest BCUT2D eigenvalue weighted by molar-refractivity contribution is -0.146. The third-order valence-corrected chi connectivity index (χ3v) is 7.20. The van der Waals surface area contributed by atoms with E-state index in [4.69, 9.17) is 4.74 Å². The van der Waals surface area contributed by atoms with Gasteiger partial charge in [-0.2, -0.15) is 0 Å². The van der Waals surface area contributed by atoms with Crippen molar-refractivity contribution in [2.45, 2.75) is 58.4 Å². The Labute approximate surface area is 257 Å². The van der Waals surface area contributed by atoms with Gasteiger partial charge in [-0.3, -0.25) is 14.6 Å². The number of hydrogen-bond acceptors (Lipinski definition) is 7. The lowest BCUT2D eigenvalue weighted by atomic mass is 9.95. The van der Waals surface area contributed by atoms with E-state index in [1.807, 2.05) is 46.8 Å². The summed E-state index contributed by atoms with van der Waals surface area (Å²) in [4.78, 5) is 43.2. The Bertz CT molecular complexity index is 1420. The molecular formula is C33H39FN4O4S. The molecule has 3 rings (SSSR count). The van der Waals surface area contributed by atoms with Crippen molar-refractivity contribution in [2.75, 3.05) is 16.6 Å². The van der Waals surface area contributed by atoms with Gasteiger partial charge in [0.05, 0.1) is 17.9 Å². The van der Waals surface area contributed by atoms with Crippen LogP contribution in [-0.2, 0) is 20.7 Å². The highest BCUT2D eigenvalue weighted by Gasteiger charge is 2.26. The number of halogens is 1. The molecule has 43 heavy (non-hydrogen) atoms. The van der Waals surface area contributed by atoms with Gasteiger partial charge in [-0.25, -0.2) is 9.18 Å². The van der Waals surface area contributed by atoms with Crippen molar-refractivity contribution in [3.05, 3.63) is 90.0 Å². The van der Waals surface area contributed by atoms with Gasteiger partial charge >= 0.3 is 5.97 Å². The van der Waals surface area contributed by atoms with Crippen LogP contribution in [0.15, 0.2) is 72.4 Å². The third-order valence-electron chi connectivity index (χ3n) is 6.37. The molecule has 1 aromatic heterocycles. The Morgan fingerprint density at radius 1 is 1.12 bits per heavy atom. The zero-order valence-electron chi connectivity index (χ0n) is 25.2. The van der Waals surface area contributed by atoms with Gasteiger partial charge in [0.1, 0.15) is 11.9 Å². The molecule has 0 aliphatic carbocycles. The monoisotopic (exact) mass is 606 g/mol. The highest BCUT2D eigenvalue weighted by molar-refractivity contribution is 8.00. The number of anilines is 2. The zero-order chi connectivity index (χ0) is 31.6. The molecule has 8 nitrogen and oxygen atoms in total. The molecule has 0 saturated heterocycles. The third kappa shape index (κ3) is 10.2. The minimum Gasteiger partial charge on any atom is -0.464 e. The van der Waals surface area contributed by atoms with Crippen molar-refractivity contribution in [1.29, 1.82) is 0 Å². The van der Waals surface area contributed by atoms with Crippen molar-refractivity contribution in [3.8, 4) is 0 Å². The van der Waals surface area contributed by atoms with E-state index >= 15 is 4.39 Å². The standard InChI is InChI=1S/C33H39FN4O4S/c1-7-23-18-26(30(39)37-29(17-22-9-8-15-35-20-22)31(40)42-16-14-21(2)3)27(34)19-28(23)38-43-25-12-10-24(11-13-25)36-32(41)33(4,5)6/h7-13,15,18-21,29,38H,1,14,16-17H2,2-6H3,(H,36,41)(H,37,39)/t29-/m0/s1. The predicted octanol–water partition coefficient (Wildman–Crippen LogP) is 6.90. The molecule has 1 atom stereocenters. The summed E-state index contributed by atoms with van der Waals surface area (Å²) in [5.41, 5.74) is 1.57. The second-order valence-corrected chi connectivity index (χ2v) is 12.4. The van der Waals surface area contributed by atoms with E-state index in [-0.39, 0.29) is 24.5 Å². The Kier molecular flexibility index (Phi) is 11.9. The van der Waals surface area contributed by atoms with Gasteiger partial charge in [0.15, 0.2) is 0 Å². The molecule has 0 fully saturated rings. The fraction of sp³-hybridized carbons (Fsp3) is 0.333. The molecule has 228 valence electrons. The maximum absolute atomic E-state index is 15.3. The molecule has 0 saturated carbocycles. The van der Waals surface area contributed by atoms with Crippen LogP contribution in [0, 0.1) is 17.2 Å². The first kappa shape index (κ1) is 33.3. The molecule has 3 N–H and O–H groups in total. The maximum Gasteiger partial charge on any atom is 0.328 e. The minimum atomic E-state index is -1.03. The molecule has 0 unspecified atom stereocenters. The van der Waals surface area contributed by atoms with Crippen LogP contribution >= 0.6 is 11.9 Å². The smallest absolute Gasteiger partial charge is 0.328 e. The fourth-order valence-corrected chi connectivity index (χ4v) is 4.42. The Morgan fingerprint density at radius 2 is 1.84 bits per heavy atom. The number of benzene rings is 2. The summed E-state index contributed by atoms with van der Waals surface area (Å²) in [6.45, 7) is 13.6. The summed E-state index contributed by atoms with van der Waals surface area (Å²) in [5.74, 6) is -1.85. The van der Waals surface area contributed by atoms with Crippen LogP contribution in [0.25, 0.3) is 6.08 Å². The van der Waals surface area contributed by atoms with Crippen molar-refractivity contribution in [1.82, 2.24) is 10.3 Å². The average molecular weight is 607 g/mol. The van der Waals surface area contributed by atoms with E-state index in [0.717, 1.165) is 10.5 Å². The molecule has 0 radical (unpaired) electrons. The lowest BCUT2D eigenvalue weighted by Gasteiger charge is -2.19. The summed E-state index contributed by atoms with van der Waals surface area (Å²) < 4.78 is 23.8. The number of carbonyl (C=O) groups excluding carboxylic acids is 3. The Balaban J connectivity index is 1.71. The Morgan fingerprint density at radius 3 is 2.44 bits per heavy atom. The first-order valence-corrected chi connectivity index (χ1v) is 14.9. The topological polar surface area (TPSA) is 109 Å². The first-order valence-electron chi connectivity index (χ1n) is 14.0. The zero-order valence-corrected chi connectivity index (χ0v) is 26.0. The fourth-order valence-electron chi connectivity index (χ4n) is 3.74. The second kappa shape index (κ2) is 15.3. The number of ether oxygens (including phenoxy) is 1. The van der Waals surface area contributed by atoms with Gasteiger partial charge in [-0.15, -0.1) is 0 Å². The quantitative estimate of drug-likeness (QED) is 0.143. The predicted molar refractivity (Wildman–Crippen MR) is 170 cm³/mol. The molecule has 2 amide bonds. The average Bonchev–Trinajstić information content (AvgIpc) is 2.96. The van der Waals surface area contributed by atoms with Crippen LogP contribution in [0.3, 0.4) is 0 Å².